The van der Waals surface area contributed by atoms with Gasteiger partial charge in [0.15, 0.2) is 0 Å². The molecular formula is C22H23ClSi. The van der Waals surface area contributed by atoms with Gasteiger partial charge in [0.05, 0.1) is 0 Å². The van der Waals surface area contributed by atoms with Gasteiger partial charge in [-0.1, -0.05) is 83.4 Å². The van der Waals surface area contributed by atoms with Crippen LogP contribution in [0.25, 0.3) is 0 Å². The van der Waals surface area contributed by atoms with Crippen molar-refractivity contribution in [2.24, 2.45) is 0 Å². The molecule has 0 aliphatic heterocycles. The summed E-state index contributed by atoms with van der Waals surface area (Å²) in [5.41, 5.74) is 5.06. The summed E-state index contributed by atoms with van der Waals surface area (Å²) in [4.78, 5) is 0. The van der Waals surface area contributed by atoms with Crippen LogP contribution in [0.15, 0.2) is 66.7 Å². The Morgan fingerprint density at radius 2 is 1.25 bits per heavy atom. The first-order valence-corrected chi connectivity index (χ1v) is 11.3. The average Bonchev–Trinajstić information content (AvgIpc) is 2.56. The second kappa shape index (κ2) is 6.58. The third kappa shape index (κ3) is 3.06. The highest BCUT2D eigenvalue weighted by molar-refractivity contribution is 7.40. The van der Waals surface area contributed by atoms with Gasteiger partial charge in [-0.15, -0.1) is 11.1 Å². The van der Waals surface area contributed by atoms with Crippen molar-refractivity contribution in [2.75, 3.05) is 0 Å². The number of benzene rings is 3. The second-order valence-corrected chi connectivity index (χ2v) is 11.4. The SMILES string of the molecule is Cc1cc(C)cc([Si](Cl)(c2ccccc2)c2cc(C)ccc2C)c1. The monoisotopic (exact) mass is 350 g/mol. The smallest absolute Gasteiger partial charge is 0.149 e. The highest BCUT2D eigenvalue weighted by Gasteiger charge is 2.39. The quantitative estimate of drug-likeness (QED) is 0.378. The Balaban J connectivity index is 2.35. The third-order valence-electron chi connectivity index (χ3n) is 4.56. The molecule has 0 nitrogen and oxygen atoms in total. The van der Waals surface area contributed by atoms with E-state index in [1.54, 1.807) is 0 Å². The summed E-state index contributed by atoms with van der Waals surface area (Å²) in [6, 6.07) is 24.0. The van der Waals surface area contributed by atoms with E-state index in [1.807, 2.05) is 0 Å². The average molecular weight is 351 g/mol. The topological polar surface area (TPSA) is 0 Å². The lowest BCUT2D eigenvalue weighted by Gasteiger charge is -2.29. The number of halogens is 1. The molecule has 0 N–H and O–H groups in total. The van der Waals surface area contributed by atoms with E-state index >= 15 is 0 Å². The highest BCUT2D eigenvalue weighted by Crippen LogP contribution is 2.17. The van der Waals surface area contributed by atoms with Gasteiger partial charge in [-0.25, -0.2) is 0 Å². The zero-order valence-corrected chi connectivity index (χ0v) is 16.5. The van der Waals surface area contributed by atoms with Crippen molar-refractivity contribution in [1.82, 2.24) is 0 Å². The maximum Gasteiger partial charge on any atom is 0.248 e. The molecule has 0 radical (unpaired) electrons. The summed E-state index contributed by atoms with van der Waals surface area (Å²) in [7, 11) is -2.54. The number of hydrogen-bond acceptors (Lipinski definition) is 0. The van der Waals surface area contributed by atoms with Crippen molar-refractivity contribution in [2.45, 2.75) is 27.7 Å². The summed E-state index contributed by atoms with van der Waals surface area (Å²) in [5, 5.41) is 3.80. The van der Waals surface area contributed by atoms with E-state index < -0.39 is 7.38 Å². The first kappa shape index (κ1) is 17.0. The standard InChI is InChI=1S/C22H23ClSi/c1-16-10-11-19(4)22(15-16)24(23,20-8-6-5-7-9-20)21-13-17(2)12-18(3)14-21/h5-15H,1-4H3. The lowest BCUT2D eigenvalue weighted by molar-refractivity contribution is 1.40. The molecule has 3 rings (SSSR count). The second-order valence-electron chi connectivity index (χ2n) is 6.72. The van der Waals surface area contributed by atoms with E-state index in [9.17, 15) is 0 Å². The molecule has 0 spiro atoms. The molecule has 24 heavy (non-hydrogen) atoms. The fourth-order valence-corrected chi connectivity index (χ4v) is 8.26. The maximum absolute atomic E-state index is 7.58. The van der Waals surface area contributed by atoms with Crippen LogP contribution in [0.5, 0.6) is 0 Å². The molecule has 0 amide bonds. The van der Waals surface area contributed by atoms with Crippen molar-refractivity contribution < 1.29 is 0 Å². The van der Waals surface area contributed by atoms with Crippen molar-refractivity contribution >= 4 is 34.0 Å². The van der Waals surface area contributed by atoms with Crippen LogP contribution >= 0.6 is 11.1 Å². The fourth-order valence-electron chi connectivity index (χ4n) is 3.43. The van der Waals surface area contributed by atoms with Crippen molar-refractivity contribution in [1.29, 1.82) is 0 Å². The van der Waals surface area contributed by atoms with Crippen LogP contribution in [-0.2, 0) is 0 Å². The molecule has 0 aromatic heterocycles. The summed E-state index contributed by atoms with van der Waals surface area (Å²) < 4.78 is 0. The normalized spacial score (nSPS) is 13.5. The Morgan fingerprint density at radius 1 is 0.625 bits per heavy atom. The van der Waals surface area contributed by atoms with Crippen LogP contribution < -0.4 is 15.6 Å². The van der Waals surface area contributed by atoms with Crippen molar-refractivity contribution in [3.63, 3.8) is 0 Å². The summed E-state index contributed by atoms with van der Waals surface area (Å²) >= 11 is 7.58. The van der Waals surface area contributed by atoms with Crippen molar-refractivity contribution in [3.8, 4) is 0 Å². The van der Waals surface area contributed by atoms with Gasteiger partial charge in [0, 0.05) is 0 Å². The van der Waals surface area contributed by atoms with Crippen LogP contribution in [0.1, 0.15) is 22.3 Å². The molecule has 0 fully saturated rings. The summed E-state index contributed by atoms with van der Waals surface area (Å²) in [6.07, 6.45) is 0. The van der Waals surface area contributed by atoms with Gasteiger partial charge in [-0.2, -0.15) is 0 Å². The van der Waals surface area contributed by atoms with Gasteiger partial charge in [0.25, 0.3) is 0 Å². The molecule has 2 heteroatoms. The number of hydrogen-bond donors (Lipinski definition) is 0. The summed E-state index contributed by atoms with van der Waals surface area (Å²) in [5.74, 6) is 0. The van der Waals surface area contributed by atoms with Gasteiger partial charge < -0.3 is 0 Å². The Bertz CT molecular complexity index is 850. The molecule has 3 aromatic carbocycles. The highest BCUT2D eigenvalue weighted by atomic mass is 35.6. The van der Waals surface area contributed by atoms with E-state index in [0.29, 0.717) is 0 Å². The summed E-state index contributed by atoms with van der Waals surface area (Å²) in [6.45, 7) is 8.61. The zero-order chi connectivity index (χ0) is 17.3. The third-order valence-corrected chi connectivity index (χ3v) is 9.97. The molecule has 1 unspecified atom stereocenters. The first-order chi connectivity index (χ1) is 11.4. The predicted molar refractivity (Wildman–Crippen MR) is 109 cm³/mol. The van der Waals surface area contributed by atoms with E-state index in [2.05, 4.69) is 94.4 Å². The first-order valence-electron chi connectivity index (χ1n) is 8.32. The van der Waals surface area contributed by atoms with Gasteiger partial charge >= 0.3 is 0 Å². The predicted octanol–water partition coefficient (Wildman–Crippen LogP) is 4.13. The van der Waals surface area contributed by atoms with Crippen LogP contribution in [0.3, 0.4) is 0 Å². The minimum absolute atomic E-state index is 1.24. The van der Waals surface area contributed by atoms with Crippen LogP contribution in [-0.4, -0.2) is 7.38 Å². The van der Waals surface area contributed by atoms with E-state index in [-0.39, 0.29) is 0 Å². The van der Waals surface area contributed by atoms with Gasteiger partial charge in [-0.05, 0) is 48.8 Å². The minimum Gasteiger partial charge on any atom is -0.149 e. The maximum atomic E-state index is 7.58. The van der Waals surface area contributed by atoms with Gasteiger partial charge in [0.1, 0.15) is 0 Å². The number of aryl methyl sites for hydroxylation is 4. The molecule has 0 aliphatic rings. The van der Waals surface area contributed by atoms with E-state index in [1.165, 1.54) is 37.8 Å². The minimum atomic E-state index is -2.54. The largest absolute Gasteiger partial charge is 0.248 e. The van der Waals surface area contributed by atoms with Crippen LogP contribution in [0, 0.1) is 27.7 Å². The zero-order valence-electron chi connectivity index (χ0n) is 14.7. The molecule has 0 aliphatic carbocycles. The van der Waals surface area contributed by atoms with E-state index in [4.69, 9.17) is 11.1 Å². The Hall–Kier alpha value is -1.83. The van der Waals surface area contributed by atoms with Crippen molar-refractivity contribution in [3.05, 3.63) is 89.0 Å². The number of rotatable bonds is 3. The lowest BCUT2D eigenvalue weighted by Crippen LogP contribution is -2.63. The molecule has 1 atom stereocenters. The molecule has 0 saturated heterocycles. The molecule has 122 valence electrons. The van der Waals surface area contributed by atoms with Crippen LogP contribution in [0.4, 0.5) is 0 Å². The molecular weight excluding hydrogens is 328 g/mol. The van der Waals surface area contributed by atoms with Crippen LogP contribution in [0.2, 0.25) is 0 Å². The van der Waals surface area contributed by atoms with E-state index in [0.717, 1.165) is 0 Å². The molecule has 3 aromatic rings. The Morgan fingerprint density at radius 3 is 1.88 bits per heavy atom. The fraction of sp³-hybridized carbons (Fsp3) is 0.182. The van der Waals surface area contributed by atoms with Gasteiger partial charge in [-0.3, -0.25) is 0 Å². The Labute approximate surface area is 150 Å². The molecule has 0 bridgehead atoms. The Kier molecular flexibility index (Phi) is 4.66. The molecule has 0 heterocycles. The lowest BCUT2D eigenvalue weighted by atomic mass is 10.2. The van der Waals surface area contributed by atoms with Gasteiger partial charge in [0.2, 0.25) is 7.38 Å². The molecule has 0 saturated carbocycles.